The Kier molecular flexibility index (Phi) is 6.23. The Labute approximate surface area is 164 Å². The van der Waals surface area contributed by atoms with Crippen molar-refractivity contribution in [1.82, 2.24) is 15.5 Å². The molecule has 0 radical (unpaired) electrons. The van der Waals surface area contributed by atoms with Gasteiger partial charge >= 0.3 is 0 Å². The lowest BCUT2D eigenvalue weighted by molar-refractivity contribution is -0.124. The van der Waals surface area contributed by atoms with Crippen LogP contribution in [0.3, 0.4) is 0 Å². The Bertz CT molecular complexity index is 813. The van der Waals surface area contributed by atoms with Gasteiger partial charge in [0.25, 0.3) is 17.7 Å². The van der Waals surface area contributed by atoms with E-state index in [-0.39, 0.29) is 29.2 Å². The second kappa shape index (κ2) is 8.10. The molecule has 0 saturated heterocycles. The lowest BCUT2D eigenvalue weighted by Gasteiger charge is -2.23. The first-order chi connectivity index (χ1) is 13.0. The summed E-state index contributed by atoms with van der Waals surface area (Å²) in [5.74, 6) is -1.68. The topological polar surface area (TPSA) is 105 Å². The van der Waals surface area contributed by atoms with E-state index >= 15 is 0 Å². The molecule has 28 heavy (non-hydrogen) atoms. The van der Waals surface area contributed by atoms with E-state index in [0.29, 0.717) is 0 Å². The van der Waals surface area contributed by atoms with E-state index in [1.807, 2.05) is 20.8 Å². The van der Waals surface area contributed by atoms with Crippen molar-refractivity contribution in [2.45, 2.75) is 52.2 Å². The molecule has 2 N–H and O–H groups in total. The van der Waals surface area contributed by atoms with Crippen LogP contribution in [0.25, 0.3) is 0 Å². The first kappa shape index (κ1) is 21.6. The highest BCUT2D eigenvalue weighted by atomic mass is 16.5. The summed E-state index contributed by atoms with van der Waals surface area (Å²) in [5.41, 5.74) is 0.214. The summed E-state index contributed by atoms with van der Waals surface area (Å²) >= 11 is 0. The number of rotatable bonds is 6. The summed E-state index contributed by atoms with van der Waals surface area (Å²) in [6, 6.07) is 3.15. The summed E-state index contributed by atoms with van der Waals surface area (Å²) in [4.78, 5) is 50.9. The lowest BCUT2D eigenvalue weighted by atomic mass is 10.0. The zero-order chi connectivity index (χ0) is 21.2. The molecule has 0 aromatic heterocycles. The van der Waals surface area contributed by atoms with Crippen molar-refractivity contribution in [3.63, 3.8) is 0 Å². The average Bonchev–Trinajstić information content (AvgIpc) is 2.84. The molecule has 1 aliphatic rings. The number of hydrogen-bond acceptors (Lipinski definition) is 5. The molecule has 0 saturated carbocycles. The SMILES string of the molecule is COCC(C)N1C(=O)c2ccc(C(=O)NC(C)C(=O)NC(C)(C)C)cc2C1=O. The number of fused-ring (bicyclic) bond motifs is 1. The number of imide groups is 1. The van der Waals surface area contributed by atoms with Gasteiger partial charge in [-0.3, -0.25) is 24.1 Å². The summed E-state index contributed by atoms with van der Waals surface area (Å²) in [5, 5.41) is 5.40. The number of amides is 4. The number of benzene rings is 1. The van der Waals surface area contributed by atoms with Gasteiger partial charge in [-0.2, -0.15) is 0 Å². The third kappa shape index (κ3) is 4.56. The fourth-order valence-corrected chi connectivity index (χ4v) is 2.94. The second-order valence-electron chi connectivity index (χ2n) is 7.98. The number of carbonyl (C=O) groups excluding carboxylic acids is 4. The van der Waals surface area contributed by atoms with Gasteiger partial charge in [-0.25, -0.2) is 0 Å². The van der Waals surface area contributed by atoms with Crippen LogP contribution in [0.1, 0.15) is 65.7 Å². The van der Waals surface area contributed by atoms with E-state index < -0.39 is 35.3 Å². The largest absolute Gasteiger partial charge is 0.383 e. The molecule has 0 spiro atoms. The van der Waals surface area contributed by atoms with Crippen molar-refractivity contribution < 1.29 is 23.9 Å². The Morgan fingerprint density at radius 2 is 1.71 bits per heavy atom. The van der Waals surface area contributed by atoms with Gasteiger partial charge in [0, 0.05) is 18.2 Å². The molecular weight excluding hydrogens is 362 g/mol. The maximum Gasteiger partial charge on any atom is 0.261 e. The van der Waals surface area contributed by atoms with E-state index in [9.17, 15) is 19.2 Å². The van der Waals surface area contributed by atoms with E-state index in [1.165, 1.54) is 25.3 Å². The van der Waals surface area contributed by atoms with Crippen LogP contribution >= 0.6 is 0 Å². The van der Waals surface area contributed by atoms with Gasteiger partial charge in [-0.1, -0.05) is 0 Å². The summed E-state index contributed by atoms with van der Waals surface area (Å²) in [7, 11) is 1.49. The zero-order valence-corrected chi connectivity index (χ0v) is 17.1. The molecule has 0 bridgehead atoms. The van der Waals surface area contributed by atoms with Crippen LogP contribution in [0.2, 0.25) is 0 Å². The molecule has 1 heterocycles. The first-order valence-corrected chi connectivity index (χ1v) is 9.10. The van der Waals surface area contributed by atoms with Crippen LogP contribution in [0.15, 0.2) is 18.2 Å². The highest BCUT2D eigenvalue weighted by Crippen LogP contribution is 2.26. The smallest absolute Gasteiger partial charge is 0.261 e. The van der Waals surface area contributed by atoms with Crippen molar-refractivity contribution in [2.24, 2.45) is 0 Å². The van der Waals surface area contributed by atoms with E-state index in [4.69, 9.17) is 4.74 Å². The maximum absolute atomic E-state index is 12.6. The van der Waals surface area contributed by atoms with Crippen LogP contribution < -0.4 is 10.6 Å². The van der Waals surface area contributed by atoms with Gasteiger partial charge in [0.1, 0.15) is 6.04 Å². The Balaban J connectivity index is 2.17. The molecule has 4 amide bonds. The number of nitrogens with one attached hydrogen (secondary N) is 2. The zero-order valence-electron chi connectivity index (χ0n) is 17.1. The Morgan fingerprint density at radius 3 is 2.29 bits per heavy atom. The van der Waals surface area contributed by atoms with Crippen molar-refractivity contribution in [1.29, 1.82) is 0 Å². The van der Waals surface area contributed by atoms with Gasteiger partial charge in [0.05, 0.1) is 23.8 Å². The molecule has 0 aliphatic carbocycles. The van der Waals surface area contributed by atoms with Crippen molar-refractivity contribution in [3.8, 4) is 0 Å². The molecule has 8 heteroatoms. The highest BCUT2D eigenvalue weighted by Gasteiger charge is 2.38. The fourth-order valence-electron chi connectivity index (χ4n) is 2.94. The fraction of sp³-hybridized carbons (Fsp3) is 0.500. The normalized spacial score (nSPS) is 15.9. The minimum Gasteiger partial charge on any atom is -0.383 e. The predicted molar refractivity (Wildman–Crippen MR) is 103 cm³/mol. The van der Waals surface area contributed by atoms with E-state index in [2.05, 4.69) is 10.6 Å². The second-order valence-corrected chi connectivity index (χ2v) is 7.98. The van der Waals surface area contributed by atoms with Crippen LogP contribution in [0, 0.1) is 0 Å². The number of nitrogens with zero attached hydrogens (tertiary/aromatic N) is 1. The predicted octanol–water partition coefficient (Wildman–Crippen LogP) is 1.35. The molecule has 0 fully saturated rings. The van der Waals surface area contributed by atoms with Crippen LogP contribution in [0.5, 0.6) is 0 Å². The summed E-state index contributed by atoms with van der Waals surface area (Å²) in [6.45, 7) is 9.05. The van der Waals surface area contributed by atoms with Gasteiger partial charge in [0.15, 0.2) is 0 Å². The molecule has 2 atom stereocenters. The summed E-state index contributed by atoms with van der Waals surface area (Å²) in [6.07, 6.45) is 0. The molecule has 1 aromatic rings. The molecule has 8 nitrogen and oxygen atoms in total. The van der Waals surface area contributed by atoms with E-state index in [0.717, 1.165) is 4.90 Å². The number of hydrogen-bond donors (Lipinski definition) is 2. The standard InChI is InChI=1S/C20H27N3O5/c1-11(10-28-6)23-18(26)14-8-7-13(9-15(14)19(23)27)17(25)21-12(2)16(24)22-20(3,4)5/h7-9,11-12H,10H2,1-6H3,(H,21,25)(H,22,24). The van der Waals surface area contributed by atoms with Gasteiger partial charge in [-0.05, 0) is 52.8 Å². The quantitative estimate of drug-likeness (QED) is 0.715. The van der Waals surface area contributed by atoms with Crippen molar-refractivity contribution in [2.75, 3.05) is 13.7 Å². The number of methoxy groups -OCH3 is 1. The van der Waals surface area contributed by atoms with E-state index in [1.54, 1.807) is 13.8 Å². The Morgan fingerprint density at radius 1 is 1.11 bits per heavy atom. The highest BCUT2D eigenvalue weighted by molar-refractivity contribution is 6.22. The molecule has 2 rings (SSSR count). The summed E-state index contributed by atoms with van der Waals surface area (Å²) < 4.78 is 5.03. The minimum absolute atomic E-state index is 0.174. The third-order valence-corrected chi connectivity index (χ3v) is 4.27. The lowest BCUT2D eigenvalue weighted by Crippen LogP contribution is -2.50. The van der Waals surface area contributed by atoms with Crippen molar-refractivity contribution >= 4 is 23.6 Å². The number of ether oxygens (including phenoxy) is 1. The van der Waals surface area contributed by atoms with Crippen LogP contribution in [-0.2, 0) is 9.53 Å². The van der Waals surface area contributed by atoms with Crippen LogP contribution in [0.4, 0.5) is 0 Å². The van der Waals surface area contributed by atoms with Gasteiger partial charge in [0.2, 0.25) is 5.91 Å². The molecule has 2 unspecified atom stereocenters. The minimum atomic E-state index is -0.754. The average molecular weight is 389 g/mol. The molecule has 1 aliphatic heterocycles. The molecule has 152 valence electrons. The van der Waals surface area contributed by atoms with Crippen LogP contribution in [-0.4, -0.2) is 59.9 Å². The van der Waals surface area contributed by atoms with Gasteiger partial charge in [-0.15, -0.1) is 0 Å². The monoisotopic (exact) mass is 389 g/mol. The molecule has 1 aromatic carbocycles. The van der Waals surface area contributed by atoms with Crippen molar-refractivity contribution in [3.05, 3.63) is 34.9 Å². The first-order valence-electron chi connectivity index (χ1n) is 9.10. The Hall–Kier alpha value is -2.74. The maximum atomic E-state index is 12.6. The molecular formula is C20H27N3O5. The van der Waals surface area contributed by atoms with Gasteiger partial charge < -0.3 is 15.4 Å². The third-order valence-electron chi connectivity index (χ3n) is 4.27. The number of carbonyl (C=O) groups is 4.